The van der Waals surface area contributed by atoms with Crippen LogP contribution in [0.15, 0.2) is 55.1 Å². The fourth-order valence-electron chi connectivity index (χ4n) is 2.16. The fourth-order valence-corrected chi connectivity index (χ4v) is 2.16. The number of benzene rings is 2. The highest BCUT2D eigenvalue weighted by Crippen LogP contribution is 2.14. The van der Waals surface area contributed by atoms with Gasteiger partial charge in [-0.1, -0.05) is 79.7 Å². The molecule has 0 aromatic heterocycles. The van der Waals surface area contributed by atoms with Gasteiger partial charge in [-0.15, -0.1) is 0 Å². The summed E-state index contributed by atoms with van der Waals surface area (Å²) in [5.41, 5.74) is 3.82. The number of hydrogen-bond donors (Lipinski definition) is 0. The maximum absolute atomic E-state index is 4.50. The van der Waals surface area contributed by atoms with Crippen molar-refractivity contribution >= 4 is 20.0 Å². The second-order valence-corrected chi connectivity index (χ2v) is 4.37. The molecule has 2 rings (SSSR count). The number of allylic oxidation sites excluding steroid dienone is 1. The molecule has 2 aromatic carbocycles. The van der Waals surface area contributed by atoms with Crippen LogP contribution in [0.2, 0.25) is 6.82 Å². The van der Waals surface area contributed by atoms with Crippen molar-refractivity contribution in [2.75, 3.05) is 0 Å². The molecule has 0 spiro atoms. The van der Waals surface area contributed by atoms with Crippen molar-refractivity contribution in [3.05, 3.63) is 71.1 Å². The molecule has 0 aliphatic carbocycles. The Bertz CT molecular complexity index is 664. The predicted molar refractivity (Wildman–Crippen MR) is 92.3 cm³/mol. The van der Waals surface area contributed by atoms with Crippen LogP contribution >= 0.6 is 0 Å². The van der Waals surface area contributed by atoms with E-state index in [4.69, 9.17) is 0 Å². The van der Waals surface area contributed by atoms with Crippen molar-refractivity contribution in [1.29, 1.82) is 0 Å². The zero-order chi connectivity index (χ0) is 15.0. The van der Waals surface area contributed by atoms with Crippen LogP contribution in [0.4, 0.5) is 0 Å². The Hall–Kier alpha value is -2.02. The standard InChI is InChI=1S/C18H18.CH3B/c1-4-7-15-8-6-9-18(17(15)5-2)16-12-10-14(3)11-13-16;1-2/h4-13H,1H2,2-3H3;1H3/b15-7-,17-5+;. The van der Waals surface area contributed by atoms with Crippen LogP contribution in [0.1, 0.15) is 12.5 Å². The summed E-state index contributed by atoms with van der Waals surface area (Å²) in [6.45, 7) is 9.46. The van der Waals surface area contributed by atoms with Gasteiger partial charge in [-0.3, -0.25) is 0 Å². The van der Waals surface area contributed by atoms with Crippen LogP contribution in [0.3, 0.4) is 0 Å². The van der Waals surface area contributed by atoms with Gasteiger partial charge in [-0.25, -0.2) is 0 Å². The van der Waals surface area contributed by atoms with Crippen LogP contribution in [0, 0.1) is 6.92 Å². The number of hydrogen-bond acceptors (Lipinski definition) is 0. The Morgan fingerprint density at radius 1 is 1.00 bits per heavy atom. The van der Waals surface area contributed by atoms with Gasteiger partial charge >= 0.3 is 0 Å². The molecule has 0 aliphatic rings. The van der Waals surface area contributed by atoms with Crippen LogP contribution in [-0.2, 0) is 0 Å². The lowest BCUT2D eigenvalue weighted by Gasteiger charge is -2.04. The van der Waals surface area contributed by atoms with Gasteiger partial charge in [0.1, 0.15) is 0 Å². The van der Waals surface area contributed by atoms with Gasteiger partial charge in [-0.05, 0) is 35.4 Å². The zero-order valence-electron chi connectivity index (χ0n) is 12.6. The van der Waals surface area contributed by atoms with Crippen molar-refractivity contribution in [3.8, 4) is 11.1 Å². The predicted octanol–water partition coefficient (Wildman–Crippen LogP) is 3.63. The maximum atomic E-state index is 4.50. The number of aryl methyl sites for hydroxylation is 1. The van der Waals surface area contributed by atoms with Crippen molar-refractivity contribution in [2.45, 2.75) is 20.7 Å². The van der Waals surface area contributed by atoms with E-state index in [9.17, 15) is 0 Å². The molecule has 2 aromatic rings. The van der Waals surface area contributed by atoms with Crippen molar-refractivity contribution in [1.82, 2.24) is 0 Å². The average Bonchev–Trinajstić information content (AvgIpc) is 2.50. The van der Waals surface area contributed by atoms with E-state index in [-0.39, 0.29) is 0 Å². The normalized spacial score (nSPS) is 11.8. The lowest BCUT2D eigenvalue weighted by atomic mass is 10.0. The summed E-state index contributed by atoms with van der Waals surface area (Å²) >= 11 is 0. The zero-order valence-corrected chi connectivity index (χ0v) is 12.6. The molecule has 0 bridgehead atoms. The Morgan fingerprint density at radius 3 is 2.20 bits per heavy atom. The van der Waals surface area contributed by atoms with Gasteiger partial charge < -0.3 is 0 Å². The van der Waals surface area contributed by atoms with Gasteiger partial charge in [0.05, 0.1) is 7.85 Å². The first kappa shape index (κ1) is 16.0. The first-order valence-electron chi connectivity index (χ1n) is 6.79. The van der Waals surface area contributed by atoms with E-state index in [0.29, 0.717) is 0 Å². The topological polar surface area (TPSA) is 0 Å². The van der Waals surface area contributed by atoms with Crippen LogP contribution in [0.25, 0.3) is 23.3 Å². The molecule has 0 N–H and O–H groups in total. The molecule has 20 heavy (non-hydrogen) atoms. The SMILES string of the molecule is C=C/C=c1/cccc(-c2ccc(C)cc2)/c1=C/C.[B]C. The third-order valence-corrected chi connectivity index (χ3v) is 3.09. The average molecular weight is 260 g/mol. The maximum Gasteiger partial charge on any atom is 0.0606 e. The molecule has 2 radical (unpaired) electrons. The molecule has 1 heteroatoms. The highest BCUT2D eigenvalue weighted by atomic mass is 14.0. The van der Waals surface area contributed by atoms with Crippen molar-refractivity contribution in [2.24, 2.45) is 0 Å². The minimum Gasteiger partial charge on any atom is -0.0999 e. The van der Waals surface area contributed by atoms with E-state index in [1.54, 1.807) is 0 Å². The van der Waals surface area contributed by atoms with E-state index < -0.39 is 0 Å². The van der Waals surface area contributed by atoms with Gasteiger partial charge in [0, 0.05) is 0 Å². The largest absolute Gasteiger partial charge is 0.0999 e. The highest BCUT2D eigenvalue weighted by molar-refractivity contribution is 6.05. The third-order valence-electron chi connectivity index (χ3n) is 3.09. The molecule has 0 heterocycles. The Labute approximate surface area is 123 Å². The minimum absolute atomic E-state index is 1.21. The molecular weight excluding hydrogens is 239 g/mol. The lowest BCUT2D eigenvalue weighted by Crippen LogP contribution is -2.25. The van der Waals surface area contributed by atoms with E-state index >= 15 is 0 Å². The Morgan fingerprint density at radius 2 is 1.65 bits per heavy atom. The summed E-state index contributed by atoms with van der Waals surface area (Å²) in [6, 6.07) is 15.0. The molecule has 0 fully saturated rings. The molecular formula is C19H21B. The van der Waals surface area contributed by atoms with Gasteiger partial charge in [0.15, 0.2) is 0 Å². The molecule has 100 valence electrons. The second kappa shape index (κ2) is 8.21. The molecule has 0 amide bonds. The molecule has 0 nitrogen and oxygen atoms in total. The van der Waals surface area contributed by atoms with Crippen LogP contribution in [-0.4, -0.2) is 7.85 Å². The van der Waals surface area contributed by atoms with Crippen molar-refractivity contribution in [3.63, 3.8) is 0 Å². The monoisotopic (exact) mass is 260 g/mol. The molecule has 0 saturated carbocycles. The molecule has 0 aliphatic heterocycles. The van der Waals surface area contributed by atoms with Crippen LogP contribution < -0.4 is 10.4 Å². The summed E-state index contributed by atoms with van der Waals surface area (Å²) < 4.78 is 0. The quantitative estimate of drug-likeness (QED) is 0.723. The van der Waals surface area contributed by atoms with E-state index in [2.05, 4.69) is 76.8 Å². The van der Waals surface area contributed by atoms with Gasteiger partial charge in [0.25, 0.3) is 0 Å². The van der Waals surface area contributed by atoms with Gasteiger partial charge in [-0.2, -0.15) is 0 Å². The fraction of sp³-hybridized carbons (Fsp3) is 0.158. The smallest absolute Gasteiger partial charge is 0.0606 e. The lowest BCUT2D eigenvalue weighted by molar-refractivity contribution is 1.44. The Balaban J connectivity index is 0.000000956. The third kappa shape index (κ3) is 3.74. The second-order valence-electron chi connectivity index (χ2n) is 4.37. The first-order chi connectivity index (χ1) is 9.76. The summed E-state index contributed by atoms with van der Waals surface area (Å²) in [7, 11) is 4.50. The number of rotatable bonds is 2. The summed E-state index contributed by atoms with van der Waals surface area (Å²) in [4.78, 5) is 0. The van der Waals surface area contributed by atoms with E-state index in [0.717, 1.165) is 0 Å². The summed E-state index contributed by atoms with van der Waals surface area (Å²) in [6.07, 6.45) is 6.04. The van der Waals surface area contributed by atoms with Crippen LogP contribution in [0.5, 0.6) is 0 Å². The summed E-state index contributed by atoms with van der Waals surface area (Å²) in [5.74, 6) is 0. The van der Waals surface area contributed by atoms with E-state index in [1.165, 1.54) is 34.0 Å². The molecule has 0 atom stereocenters. The summed E-state index contributed by atoms with van der Waals surface area (Å²) in [5, 5.41) is 2.48. The Kier molecular flexibility index (Phi) is 6.59. The molecule has 0 saturated heterocycles. The molecule has 0 unspecified atom stereocenters. The van der Waals surface area contributed by atoms with E-state index in [1.807, 2.05) is 12.2 Å². The van der Waals surface area contributed by atoms with Gasteiger partial charge in [0.2, 0.25) is 0 Å². The highest BCUT2D eigenvalue weighted by Gasteiger charge is 1.99. The minimum atomic E-state index is 1.21. The van der Waals surface area contributed by atoms with Crippen molar-refractivity contribution < 1.29 is 0 Å². The first-order valence-corrected chi connectivity index (χ1v) is 6.79.